The van der Waals surface area contributed by atoms with Crippen molar-refractivity contribution in [1.82, 2.24) is 20.2 Å². The molecule has 3 aromatic rings. The number of nitrogens with zero attached hydrogens (tertiary/aromatic N) is 3. The number of carbonyl (C=O) groups is 1. The third-order valence-corrected chi connectivity index (χ3v) is 4.58. The van der Waals surface area contributed by atoms with E-state index >= 15 is 0 Å². The highest BCUT2D eigenvalue weighted by Gasteiger charge is 2.22. The van der Waals surface area contributed by atoms with Gasteiger partial charge in [0.15, 0.2) is 0 Å². The summed E-state index contributed by atoms with van der Waals surface area (Å²) in [6, 6.07) is 7.11. The standard InChI is InChI=1S/C18H17N5O2/c1-10(15-12-6-2-3-7-13(12)17(25)23-22-15)16(24)21-18-19-9-11-5-4-8-14(11)20-18/h2-3,6-7,9-10H,4-5,8H2,1H3,(H,23,25)(H,19,20,21,24). The molecule has 4 rings (SSSR count). The summed E-state index contributed by atoms with van der Waals surface area (Å²) < 4.78 is 0. The monoisotopic (exact) mass is 335 g/mol. The van der Waals surface area contributed by atoms with Crippen molar-refractivity contribution in [2.24, 2.45) is 0 Å². The van der Waals surface area contributed by atoms with E-state index in [9.17, 15) is 9.59 Å². The van der Waals surface area contributed by atoms with E-state index in [4.69, 9.17) is 0 Å². The van der Waals surface area contributed by atoms with Crippen LogP contribution in [0.5, 0.6) is 0 Å². The molecule has 1 unspecified atom stereocenters. The van der Waals surface area contributed by atoms with E-state index in [2.05, 4.69) is 25.5 Å². The molecule has 126 valence electrons. The van der Waals surface area contributed by atoms with Gasteiger partial charge in [0.1, 0.15) is 0 Å². The summed E-state index contributed by atoms with van der Waals surface area (Å²) in [7, 11) is 0. The molecule has 2 aromatic heterocycles. The minimum atomic E-state index is -0.557. The molecule has 0 radical (unpaired) electrons. The molecule has 1 atom stereocenters. The first-order chi connectivity index (χ1) is 12.1. The smallest absolute Gasteiger partial charge is 0.272 e. The average molecular weight is 335 g/mol. The van der Waals surface area contributed by atoms with Crippen LogP contribution in [0, 0.1) is 0 Å². The zero-order valence-corrected chi connectivity index (χ0v) is 13.7. The van der Waals surface area contributed by atoms with Gasteiger partial charge in [-0.15, -0.1) is 0 Å². The van der Waals surface area contributed by atoms with Crippen molar-refractivity contribution in [3.8, 4) is 0 Å². The number of rotatable bonds is 3. The third-order valence-electron chi connectivity index (χ3n) is 4.58. The van der Waals surface area contributed by atoms with Crippen LogP contribution in [0.15, 0.2) is 35.3 Å². The van der Waals surface area contributed by atoms with Crippen LogP contribution in [0.2, 0.25) is 0 Å². The van der Waals surface area contributed by atoms with Crippen molar-refractivity contribution in [1.29, 1.82) is 0 Å². The molecule has 0 saturated heterocycles. The van der Waals surface area contributed by atoms with Crippen LogP contribution in [0.3, 0.4) is 0 Å². The summed E-state index contributed by atoms with van der Waals surface area (Å²) in [6.07, 6.45) is 4.77. The maximum Gasteiger partial charge on any atom is 0.272 e. The quantitative estimate of drug-likeness (QED) is 0.762. The number of aryl methyl sites for hydroxylation is 2. The lowest BCUT2D eigenvalue weighted by Crippen LogP contribution is -2.23. The number of nitrogens with one attached hydrogen (secondary N) is 2. The lowest BCUT2D eigenvalue weighted by molar-refractivity contribution is -0.117. The van der Waals surface area contributed by atoms with Gasteiger partial charge in [0.05, 0.1) is 17.0 Å². The van der Waals surface area contributed by atoms with Crippen LogP contribution in [0.4, 0.5) is 5.95 Å². The zero-order chi connectivity index (χ0) is 17.4. The Bertz CT molecular complexity index is 1030. The van der Waals surface area contributed by atoms with Crippen molar-refractivity contribution >= 4 is 22.6 Å². The fourth-order valence-electron chi connectivity index (χ4n) is 3.18. The summed E-state index contributed by atoms with van der Waals surface area (Å²) in [5.41, 5.74) is 2.41. The molecule has 0 spiro atoms. The fourth-order valence-corrected chi connectivity index (χ4v) is 3.18. The zero-order valence-electron chi connectivity index (χ0n) is 13.7. The van der Waals surface area contributed by atoms with Crippen LogP contribution in [-0.2, 0) is 17.6 Å². The van der Waals surface area contributed by atoms with Gasteiger partial charge in [0.25, 0.3) is 5.56 Å². The minimum Gasteiger partial charge on any atom is -0.294 e. The Balaban J connectivity index is 1.63. The van der Waals surface area contributed by atoms with Crippen molar-refractivity contribution in [2.45, 2.75) is 32.1 Å². The Morgan fingerprint density at radius 1 is 1.24 bits per heavy atom. The second-order valence-electron chi connectivity index (χ2n) is 6.21. The first-order valence-electron chi connectivity index (χ1n) is 8.26. The second kappa shape index (κ2) is 6.08. The molecule has 2 heterocycles. The van der Waals surface area contributed by atoms with E-state index in [1.54, 1.807) is 31.3 Å². The van der Waals surface area contributed by atoms with Gasteiger partial charge < -0.3 is 0 Å². The molecule has 1 aromatic carbocycles. The lowest BCUT2D eigenvalue weighted by atomic mass is 10.0. The molecule has 1 aliphatic carbocycles. The summed E-state index contributed by atoms with van der Waals surface area (Å²) in [5, 5.41) is 10.5. The third kappa shape index (κ3) is 2.77. The number of aromatic nitrogens is 4. The number of carbonyl (C=O) groups excluding carboxylic acids is 1. The SMILES string of the molecule is CC(C(=O)Nc1ncc2c(n1)CCC2)c1n[nH]c(=O)c2ccccc12. The number of fused-ring (bicyclic) bond motifs is 2. The highest BCUT2D eigenvalue weighted by molar-refractivity contribution is 5.97. The number of amides is 1. The van der Waals surface area contributed by atoms with E-state index in [1.807, 2.05) is 6.07 Å². The molecule has 25 heavy (non-hydrogen) atoms. The number of hydrogen-bond acceptors (Lipinski definition) is 5. The molecule has 0 aliphatic heterocycles. The molecular formula is C18H17N5O2. The lowest BCUT2D eigenvalue weighted by Gasteiger charge is -2.13. The predicted molar refractivity (Wildman–Crippen MR) is 93.5 cm³/mol. The topological polar surface area (TPSA) is 101 Å². The Hall–Kier alpha value is -3.09. The van der Waals surface area contributed by atoms with Gasteiger partial charge in [0.2, 0.25) is 11.9 Å². The predicted octanol–water partition coefficient (Wildman–Crippen LogP) is 1.94. The fraction of sp³-hybridized carbons (Fsp3) is 0.278. The molecule has 2 N–H and O–H groups in total. The van der Waals surface area contributed by atoms with Crippen molar-refractivity contribution in [3.63, 3.8) is 0 Å². The van der Waals surface area contributed by atoms with Crippen LogP contribution >= 0.6 is 0 Å². The van der Waals surface area contributed by atoms with Crippen LogP contribution < -0.4 is 10.9 Å². The van der Waals surface area contributed by atoms with E-state index in [-0.39, 0.29) is 11.5 Å². The van der Waals surface area contributed by atoms with E-state index in [0.29, 0.717) is 22.4 Å². The van der Waals surface area contributed by atoms with Gasteiger partial charge in [-0.25, -0.2) is 15.1 Å². The van der Waals surface area contributed by atoms with Crippen molar-refractivity contribution in [3.05, 3.63) is 57.8 Å². The molecular weight excluding hydrogens is 318 g/mol. The van der Waals surface area contributed by atoms with Crippen molar-refractivity contribution in [2.75, 3.05) is 5.32 Å². The van der Waals surface area contributed by atoms with Crippen molar-refractivity contribution < 1.29 is 4.79 Å². The van der Waals surface area contributed by atoms with Gasteiger partial charge in [0, 0.05) is 17.3 Å². The van der Waals surface area contributed by atoms with Gasteiger partial charge in [-0.3, -0.25) is 14.9 Å². The number of benzene rings is 1. The Morgan fingerprint density at radius 3 is 2.88 bits per heavy atom. The molecule has 7 nitrogen and oxygen atoms in total. The summed E-state index contributed by atoms with van der Waals surface area (Å²) in [5.74, 6) is -0.507. The summed E-state index contributed by atoms with van der Waals surface area (Å²) in [4.78, 5) is 33.1. The van der Waals surface area contributed by atoms with E-state index in [1.165, 1.54) is 0 Å². The van der Waals surface area contributed by atoms with Gasteiger partial charge in [-0.1, -0.05) is 18.2 Å². The number of hydrogen-bond donors (Lipinski definition) is 2. The first kappa shape index (κ1) is 15.4. The Kier molecular flexibility index (Phi) is 3.76. The average Bonchev–Trinajstić information content (AvgIpc) is 3.09. The minimum absolute atomic E-state index is 0.261. The number of anilines is 1. The van der Waals surface area contributed by atoms with Crippen LogP contribution in [0.1, 0.15) is 36.2 Å². The highest BCUT2D eigenvalue weighted by atomic mass is 16.2. The van der Waals surface area contributed by atoms with Gasteiger partial charge >= 0.3 is 0 Å². The van der Waals surface area contributed by atoms with E-state index < -0.39 is 5.92 Å². The molecule has 7 heteroatoms. The van der Waals surface area contributed by atoms with Gasteiger partial charge in [-0.05, 0) is 37.8 Å². The van der Waals surface area contributed by atoms with E-state index in [0.717, 1.165) is 30.5 Å². The molecule has 0 fully saturated rings. The first-order valence-corrected chi connectivity index (χ1v) is 8.26. The largest absolute Gasteiger partial charge is 0.294 e. The number of aromatic amines is 1. The maximum atomic E-state index is 12.6. The molecule has 1 amide bonds. The Morgan fingerprint density at radius 2 is 2.04 bits per heavy atom. The highest BCUT2D eigenvalue weighted by Crippen LogP contribution is 2.23. The second-order valence-corrected chi connectivity index (χ2v) is 6.21. The molecule has 1 aliphatic rings. The molecule has 0 saturated carbocycles. The number of H-pyrrole nitrogens is 1. The summed E-state index contributed by atoms with van der Waals surface area (Å²) in [6.45, 7) is 1.75. The van der Waals surface area contributed by atoms with Crippen LogP contribution in [-0.4, -0.2) is 26.1 Å². The Labute approximate surface area is 143 Å². The molecule has 0 bridgehead atoms. The van der Waals surface area contributed by atoms with Crippen LogP contribution in [0.25, 0.3) is 10.8 Å². The van der Waals surface area contributed by atoms with Gasteiger partial charge in [-0.2, -0.15) is 5.10 Å². The maximum absolute atomic E-state index is 12.6. The summed E-state index contributed by atoms with van der Waals surface area (Å²) >= 11 is 0. The normalized spacial score (nSPS) is 14.3.